The Kier molecular flexibility index (Phi) is 6.55. The van der Waals surface area contributed by atoms with Crippen molar-refractivity contribution in [1.29, 1.82) is 0 Å². The number of nitrogens with one attached hydrogen (secondary N) is 3. The van der Waals surface area contributed by atoms with Crippen LogP contribution in [-0.2, 0) is 4.79 Å². The first-order valence-corrected chi connectivity index (χ1v) is 11.0. The molecule has 2 aromatic rings. The molecule has 1 aliphatic carbocycles. The first-order valence-electron chi connectivity index (χ1n) is 10.6. The fourth-order valence-corrected chi connectivity index (χ4v) is 4.33. The number of methoxy groups -OCH3 is 1. The number of halogens is 1. The summed E-state index contributed by atoms with van der Waals surface area (Å²) in [5.41, 5.74) is 2.05. The molecule has 8 heteroatoms. The number of allylic oxidation sites excluding steroid dienone is 1. The standard InChI is InChI=1S/C24H26ClN3O4/c1-14-21(23(29)27-18-10-6-5-9-17(18)25)22(28-24(30)26-14)15-11-12-19(20(13-15)31-2)32-16-7-3-4-8-16/h5-6,9-13,16,22H,3-4,7-8H2,1-2H3,(H,27,29)(H2,26,28,30)/t22-/m1/s1. The summed E-state index contributed by atoms with van der Waals surface area (Å²) in [6.45, 7) is 1.70. The summed E-state index contributed by atoms with van der Waals surface area (Å²) < 4.78 is 11.7. The lowest BCUT2D eigenvalue weighted by Gasteiger charge is -2.29. The van der Waals surface area contributed by atoms with Crippen LogP contribution in [0.3, 0.4) is 0 Å². The highest BCUT2D eigenvalue weighted by atomic mass is 35.5. The highest BCUT2D eigenvalue weighted by Crippen LogP contribution is 2.36. The minimum Gasteiger partial charge on any atom is -0.493 e. The van der Waals surface area contributed by atoms with Gasteiger partial charge in [-0.05, 0) is 62.4 Å². The van der Waals surface area contributed by atoms with E-state index in [1.54, 1.807) is 44.4 Å². The van der Waals surface area contributed by atoms with Crippen molar-refractivity contribution in [3.63, 3.8) is 0 Å². The second kappa shape index (κ2) is 9.53. The number of rotatable bonds is 6. The van der Waals surface area contributed by atoms with Crippen molar-refractivity contribution in [2.45, 2.75) is 44.8 Å². The third-order valence-corrected chi connectivity index (χ3v) is 6.08. The average Bonchev–Trinajstić information content (AvgIpc) is 3.28. The van der Waals surface area contributed by atoms with Crippen LogP contribution in [0.25, 0.3) is 0 Å². The first-order chi connectivity index (χ1) is 15.5. The molecule has 2 aliphatic rings. The van der Waals surface area contributed by atoms with Crippen LogP contribution < -0.4 is 25.4 Å². The molecule has 3 amide bonds. The molecule has 32 heavy (non-hydrogen) atoms. The summed E-state index contributed by atoms with van der Waals surface area (Å²) >= 11 is 6.20. The molecule has 4 rings (SSSR count). The van der Waals surface area contributed by atoms with Gasteiger partial charge in [0.05, 0.1) is 35.5 Å². The molecule has 7 nitrogen and oxygen atoms in total. The second-order valence-electron chi connectivity index (χ2n) is 7.94. The molecule has 1 aliphatic heterocycles. The van der Waals surface area contributed by atoms with Crippen LogP contribution in [0, 0.1) is 0 Å². The Balaban J connectivity index is 1.64. The Bertz CT molecular complexity index is 1060. The normalized spacial score (nSPS) is 18.7. The molecule has 0 radical (unpaired) electrons. The number of anilines is 1. The molecule has 2 aromatic carbocycles. The van der Waals surface area contributed by atoms with Crippen LogP contribution >= 0.6 is 11.6 Å². The number of hydrogen-bond acceptors (Lipinski definition) is 4. The average molecular weight is 456 g/mol. The van der Waals surface area contributed by atoms with Crippen molar-refractivity contribution in [3.8, 4) is 11.5 Å². The molecular weight excluding hydrogens is 430 g/mol. The fourth-order valence-electron chi connectivity index (χ4n) is 4.14. The van der Waals surface area contributed by atoms with Crippen molar-refractivity contribution in [3.05, 3.63) is 64.3 Å². The molecule has 3 N–H and O–H groups in total. The predicted molar refractivity (Wildman–Crippen MR) is 123 cm³/mol. The summed E-state index contributed by atoms with van der Waals surface area (Å²) in [4.78, 5) is 25.4. The maximum Gasteiger partial charge on any atom is 0.319 e. The molecule has 1 heterocycles. The van der Waals surface area contributed by atoms with Crippen molar-refractivity contribution < 1.29 is 19.1 Å². The van der Waals surface area contributed by atoms with E-state index >= 15 is 0 Å². The maximum absolute atomic E-state index is 13.2. The summed E-state index contributed by atoms with van der Waals surface area (Å²) in [5, 5.41) is 8.79. The van der Waals surface area contributed by atoms with Gasteiger partial charge in [-0.15, -0.1) is 0 Å². The van der Waals surface area contributed by atoms with Crippen LogP contribution in [0.15, 0.2) is 53.7 Å². The van der Waals surface area contributed by atoms with Gasteiger partial charge in [-0.25, -0.2) is 4.79 Å². The number of urea groups is 1. The molecule has 0 saturated heterocycles. The highest BCUT2D eigenvalue weighted by molar-refractivity contribution is 6.33. The zero-order chi connectivity index (χ0) is 22.7. The van der Waals surface area contributed by atoms with Crippen LogP contribution in [0.2, 0.25) is 5.02 Å². The van der Waals surface area contributed by atoms with E-state index < -0.39 is 6.04 Å². The minimum atomic E-state index is -0.666. The summed E-state index contributed by atoms with van der Waals surface area (Å²) in [6.07, 6.45) is 4.58. The minimum absolute atomic E-state index is 0.187. The van der Waals surface area contributed by atoms with Gasteiger partial charge in [-0.2, -0.15) is 0 Å². The van der Waals surface area contributed by atoms with Gasteiger partial charge in [0.2, 0.25) is 0 Å². The predicted octanol–water partition coefficient (Wildman–Crippen LogP) is 4.94. The van der Waals surface area contributed by atoms with Crippen LogP contribution in [0.1, 0.15) is 44.2 Å². The molecule has 1 saturated carbocycles. The summed E-state index contributed by atoms with van der Waals surface area (Å²) in [6, 6.07) is 11.4. The topological polar surface area (TPSA) is 88.7 Å². The Morgan fingerprint density at radius 2 is 1.88 bits per heavy atom. The van der Waals surface area contributed by atoms with E-state index in [-0.39, 0.29) is 18.0 Å². The first kappa shape index (κ1) is 22.0. The van der Waals surface area contributed by atoms with E-state index in [2.05, 4.69) is 16.0 Å². The van der Waals surface area contributed by atoms with Gasteiger partial charge in [0.25, 0.3) is 5.91 Å². The summed E-state index contributed by atoms with van der Waals surface area (Å²) in [5.74, 6) is 0.857. The quantitative estimate of drug-likeness (QED) is 0.575. The van der Waals surface area contributed by atoms with E-state index in [1.807, 2.05) is 12.1 Å². The zero-order valence-corrected chi connectivity index (χ0v) is 18.8. The van der Waals surface area contributed by atoms with Crippen LogP contribution in [-0.4, -0.2) is 25.2 Å². The third kappa shape index (κ3) is 4.67. The third-order valence-electron chi connectivity index (χ3n) is 5.75. The molecule has 0 aromatic heterocycles. The van der Waals surface area contributed by atoms with Gasteiger partial charge in [-0.1, -0.05) is 29.8 Å². The van der Waals surface area contributed by atoms with Gasteiger partial charge < -0.3 is 25.4 Å². The molecule has 1 atom stereocenters. The van der Waals surface area contributed by atoms with Crippen LogP contribution in [0.5, 0.6) is 11.5 Å². The van der Waals surface area contributed by atoms with Gasteiger partial charge in [0.1, 0.15) is 0 Å². The molecular formula is C24H26ClN3O4. The monoisotopic (exact) mass is 455 g/mol. The molecule has 0 spiro atoms. The number of benzene rings is 2. The Morgan fingerprint density at radius 3 is 2.59 bits per heavy atom. The van der Waals surface area contributed by atoms with E-state index in [0.29, 0.717) is 39.0 Å². The zero-order valence-electron chi connectivity index (χ0n) is 18.0. The van der Waals surface area contributed by atoms with E-state index in [9.17, 15) is 9.59 Å². The van der Waals surface area contributed by atoms with Crippen molar-refractivity contribution in [1.82, 2.24) is 10.6 Å². The lowest BCUT2D eigenvalue weighted by Crippen LogP contribution is -2.46. The number of para-hydroxylation sites is 1. The van der Waals surface area contributed by atoms with Gasteiger partial charge in [0.15, 0.2) is 11.5 Å². The lowest BCUT2D eigenvalue weighted by atomic mass is 9.94. The fraction of sp³-hybridized carbons (Fsp3) is 0.333. The SMILES string of the molecule is COc1cc([C@H]2NC(=O)NC(C)=C2C(=O)Nc2ccccc2Cl)ccc1OC1CCCC1. The number of carbonyl (C=O) groups is 2. The van der Waals surface area contributed by atoms with E-state index in [4.69, 9.17) is 21.1 Å². The lowest BCUT2D eigenvalue weighted by molar-refractivity contribution is -0.113. The smallest absolute Gasteiger partial charge is 0.319 e. The summed E-state index contributed by atoms with van der Waals surface area (Å²) in [7, 11) is 1.58. The Hall–Kier alpha value is -3.19. The van der Waals surface area contributed by atoms with E-state index in [1.165, 1.54) is 12.8 Å². The Morgan fingerprint density at radius 1 is 1.12 bits per heavy atom. The number of amides is 3. The van der Waals surface area contributed by atoms with Gasteiger partial charge >= 0.3 is 6.03 Å². The van der Waals surface area contributed by atoms with E-state index in [0.717, 1.165) is 12.8 Å². The second-order valence-corrected chi connectivity index (χ2v) is 8.35. The molecule has 0 bridgehead atoms. The molecule has 1 fully saturated rings. The molecule has 168 valence electrons. The molecule has 0 unspecified atom stereocenters. The van der Waals surface area contributed by atoms with Gasteiger partial charge in [0, 0.05) is 5.70 Å². The van der Waals surface area contributed by atoms with Crippen molar-refractivity contribution in [2.75, 3.05) is 12.4 Å². The number of hydrogen-bond donors (Lipinski definition) is 3. The van der Waals surface area contributed by atoms with Crippen LogP contribution in [0.4, 0.5) is 10.5 Å². The van der Waals surface area contributed by atoms with Crippen molar-refractivity contribution in [2.24, 2.45) is 0 Å². The number of ether oxygens (including phenoxy) is 2. The highest BCUT2D eigenvalue weighted by Gasteiger charge is 2.32. The van der Waals surface area contributed by atoms with Gasteiger partial charge in [-0.3, -0.25) is 4.79 Å². The number of carbonyl (C=O) groups excluding carboxylic acids is 2. The van der Waals surface area contributed by atoms with Crippen molar-refractivity contribution >= 4 is 29.2 Å². The largest absolute Gasteiger partial charge is 0.493 e. The Labute approximate surface area is 192 Å². The maximum atomic E-state index is 13.2.